The number of anilines is 1. The van der Waals surface area contributed by atoms with E-state index in [4.69, 9.17) is 5.73 Å². The summed E-state index contributed by atoms with van der Waals surface area (Å²) in [6, 6.07) is 1.87. The summed E-state index contributed by atoms with van der Waals surface area (Å²) >= 11 is 0. The van der Waals surface area contributed by atoms with E-state index < -0.39 is 40.5 Å². The van der Waals surface area contributed by atoms with Crippen LogP contribution in [-0.2, 0) is 12.4 Å². The fourth-order valence-corrected chi connectivity index (χ4v) is 2.37. The van der Waals surface area contributed by atoms with Gasteiger partial charge in [0, 0.05) is 12.4 Å². The molecule has 0 amide bonds. The average Bonchev–Trinajstić information content (AvgIpc) is 2.82. The van der Waals surface area contributed by atoms with Crippen molar-refractivity contribution >= 4 is 16.7 Å². The molecule has 0 spiro atoms. The van der Waals surface area contributed by atoms with E-state index in [9.17, 15) is 26.3 Å². The molecule has 0 saturated heterocycles. The fraction of sp³-hybridized carbons (Fsp3) is 0.214. The second kappa shape index (κ2) is 5.33. The molecule has 25 heavy (non-hydrogen) atoms. The van der Waals surface area contributed by atoms with Gasteiger partial charge < -0.3 is 5.73 Å². The molecule has 3 aromatic rings. The van der Waals surface area contributed by atoms with Crippen molar-refractivity contribution in [1.29, 1.82) is 0 Å². The number of halogens is 6. The predicted molar refractivity (Wildman–Crippen MR) is 75.8 cm³/mol. The molecule has 2 N–H and O–H groups in total. The zero-order valence-electron chi connectivity index (χ0n) is 12.4. The van der Waals surface area contributed by atoms with Crippen molar-refractivity contribution in [2.75, 3.05) is 5.73 Å². The van der Waals surface area contributed by atoms with Crippen LogP contribution in [0.4, 0.5) is 32.2 Å². The lowest BCUT2D eigenvalue weighted by molar-refractivity contribution is -0.149. The van der Waals surface area contributed by atoms with E-state index in [0.29, 0.717) is 17.3 Å². The van der Waals surface area contributed by atoms with Crippen LogP contribution in [0.15, 0.2) is 24.5 Å². The van der Waals surface area contributed by atoms with Crippen LogP contribution in [0.1, 0.15) is 17.0 Å². The van der Waals surface area contributed by atoms with Crippen LogP contribution in [0.2, 0.25) is 0 Å². The van der Waals surface area contributed by atoms with Crippen molar-refractivity contribution in [1.82, 2.24) is 19.7 Å². The van der Waals surface area contributed by atoms with Crippen molar-refractivity contribution in [3.05, 3.63) is 41.5 Å². The first-order valence-corrected chi connectivity index (χ1v) is 6.75. The molecule has 0 atom stereocenters. The molecule has 132 valence electrons. The molecule has 3 rings (SSSR count). The van der Waals surface area contributed by atoms with Gasteiger partial charge in [0.25, 0.3) is 0 Å². The number of pyridine rings is 2. The Kier molecular flexibility index (Phi) is 3.62. The van der Waals surface area contributed by atoms with E-state index in [0.717, 1.165) is 4.68 Å². The van der Waals surface area contributed by atoms with Gasteiger partial charge >= 0.3 is 12.4 Å². The molecule has 0 saturated carbocycles. The van der Waals surface area contributed by atoms with E-state index in [1.54, 1.807) is 6.92 Å². The zero-order valence-corrected chi connectivity index (χ0v) is 12.4. The minimum atomic E-state index is -5.13. The summed E-state index contributed by atoms with van der Waals surface area (Å²) in [7, 11) is 0. The summed E-state index contributed by atoms with van der Waals surface area (Å²) in [5, 5.41) is 3.13. The highest BCUT2D eigenvalue weighted by Crippen LogP contribution is 2.40. The maximum atomic E-state index is 13.2. The van der Waals surface area contributed by atoms with Crippen molar-refractivity contribution in [2.24, 2.45) is 0 Å². The highest BCUT2D eigenvalue weighted by Gasteiger charge is 2.41. The highest BCUT2D eigenvalue weighted by molar-refractivity contribution is 5.92. The third-order valence-corrected chi connectivity index (χ3v) is 3.47. The van der Waals surface area contributed by atoms with Gasteiger partial charge in [-0.25, -0.2) is 9.67 Å². The quantitative estimate of drug-likeness (QED) is 0.671. The Labute approximate surface area is 136 Å². The van der Waals surface area contributed by atoms with E-state index in [2.05, 4.69) is 15.1 Å². The third kappa shape index (κ3) is 2.85. The van der Waals surface area contributed by atoms with Crippen LogP contribution in [0.25, 0.3) is 16.6 Å². The number of nitrogen functional groups attached to an aromatic ring is 1. The number of nitrogens with two attached hydrogens (primary N) is 1. The summed E-state index contributed by atoms with van der Waals surface area (Å²) in [5.41, 5.74) is 2.61. The number of hydrogen-bond donors (Lipinski definition) is 1. The van der Waals surface area contributed by atoms with Crippen LogP contribution < -0.4 is 5.73 Å². The second-order valence-electron chi connectivity index (χ2n) is 5.20. The molecular formula is C14H9F6N5. The van der Waals surface area contributed by atoms with Gasteiger partial charge in [0.15, 0.2) is 5.69 Å². The largest absolute Gasteiger partial charge is 0.434 e. The Morgan fingerprint density at radius 1 is 1.08 bits per heavy atom. The van der Waals surface area contributed by atoms with E-state index in [1.165, 1.54) is 18.5 Å². The Hall–Kier alpha value is -2.85. The summed E-state index contributed by atoms with van der Waals surface area (Å²) < 4.78 is 79.2. The lowest BCUT2D eigenvalue weighted by atomic mass is 10.2. The van der Waals surface area contributed by atoms with E-state index in [1.807, 2.05) is 0 Å². The van der Waals surface area contributed by atoms with Crippen LogP contribution >= 0.6 is 0 Å². The molecule has 0 bridgehead atoms. The van der Waals surface area contributed by atoms with Crippen molar-refractivity contribution < 1.29 is 26.3 Å². The zero-order chi connectivity index (χ0) is 18.6. The summed E-state index contributed by atoms with van der Waals surface area (Å²) in [6.45, 7) is 1.61. The van der Waals surface area contributed by atoms with Gasteiger partial charge in [0.05, 0.1) is 16.6 Å². The van der Waals surface area contributed by atoms with Crippen LogP contribution in [0, 0.1) is 6.92 Å². The topological polar surface area (TPSA) is 69.6 Å². The molecule has 3 aromatic heterocycles. The summed E-state index contributed by atoms with van der Waals surface area (Å²) in [6.07, 6.45) is -7.41. The molecule has 11 heteroatoms. The minimum absolute atomic E-state index is 0.297. The van der Waals surface area contributed by atoms with Gasteiger partial charge in [0.1, 0.15) is 11.5 Å². The molecule has 0 aliphatic rings. The van der Waals surface area contributed by atoms with Gasteiger partial charge in [0.2, 0.25) is 0 Å². The van der Waals surface area contributed by atoms with Crippen molar-refractivity contribution in [3.63, 3.8) is 0 Å². The summed E-state index contributed by atoms with van der Waals surface area (Å²) in [4.78, 5) is 6.57. The predicted octanol–water partition coefficient (Wildman–Crippen LogP) is 3.74. The van der Waals surface area contributed by atoms with Crippen LogP contribution in [0.5, 0.6) is 0 Å². The first-order chi connectivity index (χ1) is 11.5. The summed E-state index contributed by atoms with van der Waals surface area (Å²) in [5.74, 6) is -0.460. The van der Waals surface area contributed by atoms with Gasteiger partial charge in [-0.2, -0.15) is 31.4 Å². The van der Waals surface area contributed by atoms with Crippen molar-refractivity contribution in [2.45, 2.75) is 19.3 Å². The minimum Gasteiger partial charge on any atom is -0.383 e. The molecule has 0 aromatic carbocycles. The lowest BCUT2D eigenvalue weighted by Crippen LogP contribution is -2.15. The number of rotatable bonds is 1. The van der Waals surface area contributed by atoms with Gasteiger partial charge in [-0.1, -0.05) is 0 Å². The Morgan fingerprint density at radius 3 is 2.32 bits per heavy atom. The molecule has 0 aliphatic heterocycles. The molecular weight excluding hydrogens is 352 g/mol. The Balaban J connectivity index is 2.39. The second-order valence-corrected chi connectivity index (χ2v) is 5.20. The first kappa shape index (κ1) is 17.0. The number of alkyl halides is 6. The molecule has 0 fully saturated rings. The number of aryl methyl sites for hydroxylation is 1. The molecule has 0 aliphatic carbocycles. The monoisotopic (exact) mass is 361 g/mol. The van der Waals surface area contributed by atoms with Gasteiger partial charge in [-0.3, -0.25) is 4.98 Å². The number of aromatic nitrogens is 4. The smallest absolute Gasteiger partial charge is 0.383 e. The Morgan fingerprint density at radius 2 is 1.76 bits per heavy atom. The van der Waals surface area contributed by atoms with Crippen molar-refractivity contribution in [3.8, 4) is 5.69 Å². The van der Waals surface area contributed by atoms with Crippen LogP contribution in [-0.4, -0.2) is 19.7 Å². The van der Waals surface area contributed by atoms with Crippen LogP contribution in [0.3, 0.4) is 0 Å². The fourth-order valence-electron chi connectivity index (χ4n) is 2.37. The standard InChI is InChI=1S/C14H9F6N5/c1-6-5-22-3-2-8(6)25-12(21)10-7(24-25)4-9(13(15,16)17)23-11(10)14(18,19)20/h2-5H,21H2,1H3. The lowest BCUT2D eigenvalue weighted by Gasteiger charge is -2.11. The maximum absolute atomic E-state index is 13.2. The normalized spacial score (nSPS) is 12.8. The third-order valence-electron chi connectivity index (χ3n) is 3.47. The SMILES string of the molecule is Cc1cnccc1-n1nc2cc(C(F)(F)F)nc(C(F)(F)F)c2c1N. The number of fused-ring (bicyclic) bond motifs is 1. The van der Waals surface area contributed by atoms with Gasteiger partial charge in [-0.15, -0.1) is 0 Å². The molecule has 0 radical (unpaired) electrons. The van der Waals surface area contributed by atoms with E-state index >= 15 is 0 Å². The average molecular weight is 361 g/mol. The Bertz CT molecular complexity index is 957. The first-order valence-electron chi connectivity index (χ1n) is 6.75. The number of hydrogen-bond acceptors (Lipinski definition) is 4. The molecule has 0 unspecified atom stereocenters. The maximum Gasteiger partial charge on any atom is 0.434 e. The number of nitrogens with zero attached hydrogens (tertiary/aromatic N) is 4. The highest BCUT2D eigenvalue weighted by atomic mass is 19.4. The molecule has 3 heterocycles. The van der Waals surface area contributed by atoms with Gasteiger partial charge in [-0.05, 0) is 24.6 Å². The van der Waals surface area contributed by atoms with E-state index in [-0.39, 0.29) is 0 Å². The molecule has 5 nitrogen and oxygen atoms in total.